The highest BCUT2D eigenvalue weighted by Crippen LogP contribution is 2.53. The second-order valence-electron chi connectivity index (χ2n) is 15.0. The van der Waals surface area contributed by atoms with Crippen LogP contribution in [0.25, 0.3) is 11.1 Å². The lowest BCUT2D eigenvalue weighted by Gasteiger charge is -2.45. The summed E-state index contributed by atoms with van der Waals surface area (Å²) in [4.78, 5) is 5.43. The number of pyridine rings is 1. The average molecular weight is 592 g/mol. The van der Waals surface area contributed by atoms with E-state index in [0.717, 1.165) is 77.7 Å². The van der Waals surface area contributed by atoms with Crippen molar-refractivity contribution in [2.24, 2.45) is 5.41 Å². The Labute approximate surface area is 251 Å². The van der Waals surface area contributed by atoms with E-state index in [1.54, 1.807) is 6.07 Å². The van der Waals surface area contributed by atoms with Crippen LogP contribution in [0.2, 0.25) is 18.1 Å². The molecule has 1 N–H and O–H groups in total. The summed E-state index contributed by atoms with van der Waals surface area (Å²) >= 11 is 0. The van der Waals surface area contributed by atoms with Crippen LogP contribution in [-0.4, -0.2) is 18.4 Å². The van der Waals surface area contributed by atoms with E-state index in [2.05, 4.69) is 47.7 Å². The van der Waals surface area contributed by atoms with Gasteiger partial charge in [-0.15, -0.1) is 0 Å². The topological polar surface area (TPSA) is 42.4 Å². The SMILES string of the molecule is Cc1ccc([C@@H](O)c2c(C3CCCC3)nc3c(c2-c2ccc(F)c(F)c2)[C@@H](O[Si](C)(C)C(C)(C)C)CC(C)(C)C3)cc1. The predicted molar refractivity (Wildman–Crippen MR) is 169 cm³/mol. The third-order valence-corrected chi connectivity index (χ3v) is 14.4. The van der Waals surface area contributed by atoms with E-state index in [9.17, 15) is 13.9 Å². The zero-order valence-corrected chi connectivity index (χ0v) is 27.6. The Bertz CT molecular complexity index is 1450. The van der Waals surface area contributed by atoms with Gasteiger partial charge in [0.05, 0.1) is 11.8 Å². The highest BCUT2D eigenvalue weighted by Gasteiger charge is 2.45. The maximum absolute atomic E-state index is 15.0. The molecule has 0 unspecified atom stereocenters. The van der Waals surface area contributed by atoms with Gasteiger partial charge in [0, 0.05) is 22.7 Å². The molecule has 226 valence electrons. The van der Waals surface area contributed by atoms with Crippen molar-refractivity contribution in [1.29, 1.82) is 0 Å². The Balaban J connectivity index is 1.86. The van der Waals surface area contributed by atoms with Crippen LogP contribution in [0.5, 0.6) is 0 Å². The second kappa shape index (κ2) is 11.3. The van der Waals surface area contributed by atoms with Gasteiger partial charge >= 0.3 is 0 Å². The Kier molecular flexibility index (Phi) is 8.32. The molecule has 1 saturated carbocycles. The molecule has 2 aromatic carbocycles. The first kappa shape index (κ1) is 31.0. The van der Waals surface area contributed by atoms with Crippen molar-refractivity contribution in [3.05, 3.63) is 87.7 Å². The van der Waals surface area contributed by atoms with Gasteiger partial charge in [-0.2, -0.15) is 0 Å². The number of nitrogens with zero attached hydrogens (tertiary/aromatic N) is 1. The molecule has 1 heterocycles. The summed E-state index contributed by atoms with van der Waals surface area (Å²) in [6.07, 6.45) is 4.55. The van der Waals surface area contributed by atoms with Crippen molar-refractivity contribution in [1.82, 2.24) is 4.98 Å². The van der Waals surface area contributed by atoms with E-state index < -0.39 is 26.1 Å². The summed E-state index contributed by atoms with van der Waals surface area (Å²) in [5, 5.41) is 12.2. The van der Waals surface area contributed by atoms with Crippen molar-refractivity contribution in [3.63, 3.8) is 0 Å². The fourth-order valence-corrected chi connectivity index (χ4v) is 7.86. The molecule has 3 aromatic rings. The van der Waals surface area contributed by atoms with Crippen LogP contribution in [0.4, 0.5) is 8.78 Å². The molecule has 1 aromatic heterocycles. The first-order chi connectivity index (χ1) is 19.6. The zero-order chi connectivity index (χ0) is 30.6. The van der Waals surface area contributed by atoms with Crippen LogP contribution in [-0.2, 0) is 10.8 Å². The maximum atomic E-state index is 15.0. The third-order valence-electron chi connectivity index (χ3n) is 9.95. The van der Waals surface area contributed by atoms with Gasteiger partial charge < -0.3 is 9.53 Å². The van der Waals surface area contributed by atoms with Gasteiger partial charge in [0.1, 0.15) is 6.10 Å². The number of halogens is 2. The van der Waals surface area contributed by atoms with Gasteiger partial charge in [0.2, 0.25) is 0 Å². The van der Waals surface area contributed by atoms with Crippen molar-refractivity contribution >= 4 is 8.32 Å². The standard InChI is InChI=1S/C36H47F2NO2Si/c1-22-13-15-24(16-14-22)34(40)32-30(25-17-18-26(37)27(38)19-25)31-28(39-33(32)23-11-9-10-12-23)20-36(5,6)21-29(31)41-42(7,8)35(2,3)4/h13-19,23,29,34,40H,9-12,20-21H2,1-8H3/t29-,34+/m0/s1. The molecule has 2 aliphatic rings. The van der Waals surface area contributed by atoms with Gasteiger partial charge in [0.15, 0.2) is 20.0 Å². The monoisotopic (exact) mass is 591 g/mol. The summed E-state index contributed by atoms with van der Waals surface area (Å²) in [5.74, 6) is -1.57. The number of hydrogen-bond acceptors (Lipinski definition) is 3. The normalized spacial score (nSPS) is 20.0. The third kappa shape index (κ3) is 6.00. The summed E-state index contributed by atoms with van der Waals surface area (Å²) in [7, 11) is -2.25. The molecule has 2 atom stereocenters. The van der Waals surface area contributed by atoms with Crippen molar-refractivity contribution in [3.8, 4) is 11.1 Å². The molecule has 42 heavy (non-hydrogen) atoms. The van der Waals surface area contributed by atoms with E-state index in [4.69, 9.17) is 9.41 Å². The van der Waals surface area contributed by atoms with Crippen molar-refractivity contribution < 1.29 is 18.3 Å². The largest absolute Gasteiger partial charge is 0.410 e. The van der Waals surface area contributed by atoms with E-state index >= 15 is 0 Å². The van der Waals surface area contributed by atoms with Gasteiger partial charge in [-0.25, -0.2) is 8.78 Å². The zero-order valence-electron chi connectivity index (χ0n) is 26.6. The molecule has 2 aliphatic carbocycles. The van der Waals surface area contributed by atoms with Crippen LogP contribution in [0, 0.1) is 24.0 Å². The molecule has 0 radical (unpaired) electrons. The number of fused-ring (bicyclic) bond motifs is 1. The van der Waals surface area contributed by atoms with Gasteiger partial charge in [0.25, 0.3) is 0 Å². The number of benzene rings is 2. The lowest BCUT2D eigenvalue weighted by Crippen LogP contribution is -2.44. The lowest BCUT2D eigenvalue weighted by molar-refractivity contribution is 0.106. The summed E-state index contributed by atoms with van der Waals surface area (Å²) < 4.78 is 36.5. The Morgan fingerprint density at radius 1 is 1.00 bits per heavy atom. The number of rotatable bonds is 6. The molecule has 6 heteroatoms. The first-order valence-corrected chi connectivity index (χ1v) is 18.4. The van der Waals surface area contributed by atoms with E-state index in [1.165, 1.54) is 12.1 Å². The minimum atomic E-state index is -2.25. The van der Waals surface area contributed by atoms with Crippen LogP contribution in [0.1, 0.15) is 118 Å². The van der Waals surface area contributed by atoms with Gasteiger partial charge in [-0.1, -0.05) is 83.4 Å². The molecular formula is C36H47F2NO2Si. The fraction of sp³-hybridized carbons (Fsp3) is 0.528. The Morgan fingerprint density at radius 2 is 1.64 bits per heavy atom. The van der Waals surface area contributed by atoms with E-state index in [0.29, 0.717) is 5.56 Å². The van der Waals surface area contributed by atoms with Crippen LogP contribution in [0.15, 0.2) is 42.5 Å². The summed E-state index contributed by atoms with van der Waals surface area (Å²) in [6.45, 7) is 17.8. The minimum Gasteiger partial charge on any atom is -0.410 e. The molecule has 0 spiro atoms. The summed E-state index contributed by atoms with van der Waals surface area (Å²) in [6, 6.07) is 12.1. The molecule has 1 fully saturated rings. The predicted octanol–water partition coefficient (Wildman–Crippen LogP) is 10.1. The number of hydrogen-bond donors (Lipinski definition) is 1. The Morgan fingerprint density at radius 3 is 2.24 bits per heavy atom. The number of aryl methyl sites for hydroxylation is 1. The number of aliphatic hydroxyl groups excluding tert-OH is 1. The van der Waals surface area contributed by atoms with Gasteiger partial charge in [-0.3, -0.25) is 4.98 Å². The molecule has 0 aliphatic heterocycles. The van der Waals surface area contributed by atoms with Crippen LogP contribution in [0.3, 0.4) is 0 Å². The quantitative estimate of drug-likeness (QED) is 0.290. The molecule has 0 amide bonds. The first-order valence-electron chi connectivity index (χ1n) is 15.5. The molecule has 0 bridgehead atoms. The lowest BCUT2D eigenvalue weighted by atomic mass is 9.71. The fourth-order valence-electron chi connectivity index (χ4n) is 6.59. The average Bonchev–Trinajstić information content (AvgIpc) is 3.43. The molecular weight excluding hydrogens is 544 g/mol. The number of aliphatic hydroxyl groups is 1. The Hall–Kier alpha value is -2.41. The van der Waals surface area contributed by atoms with Crippen LogP contribution < -0.4 is 0 Å². The van der Waals surface area contributed by atoms with Crippen molar-refractivity contribution in [2.45, 2.75) is 116 Å². The maximum Gasteiger partial charge on any atom is 0.192 e. The number of aromatic nitrogens is 1. The smallest absolute Gasteiger partial charge is 0.192 e. The van der Waals surface area contributed by atoms with Crippen LogP contribution >= 0.6 is 0 Å². The van der Waals surface area contributed by atoms with Gasteiger partial charge in [-0.05, 0) is 85.0 Å². The second-order valence-corrected chi connectivity index (χ2v) is 19.7. The minimum absolute atomic E-state index is 0.0155. The van der Waals surface area contributed by atoms with Crippen molar-refractivity contribution in [2.75, 3.05) is 0 Å². The summed E-state index contributed by atoms with van der Waals surface area (Å²) in [5.41, 5.74) is 6.69. The van der Waals surface area contributed by atoms with E-state index in [1.807, 2.05) is 31.2 Å². The van der Waals surface area contributed by atoms with E-state index in [-0.39, 0.29) is 22.5 Å². The molecule has 5 rings (SSSR count). The highest BCUT2D eigenvalue weighted by atomic mass is 28.4. The molecule has 3 nitrogen and oxygen atoms in total. The molecule has 0 saturated heterocycles. The highest BCUT2D eigenvalue weighted by molar-refractivity contribution is 6.74.